The van der Waals surface area contributed by atoms with Crippen LogP contribution in [-0.2, 0) is 0 Å². The second kappa shape index (κ2) is 8.64. The Morgan fingerprint density at radius 3 is 2.16 bits per heavy atom. The van der Waals surface area contributed by atoms with Crippen LogP contribution in [0.2, 0.25) is 0 Å². The molecule has 0 spiro atoms. The Kier molecular flexibility index (Phi) is 8.41. The van der Waals surface area contributed by atoms with Crippen LogP contribution >= 0.6 is 24.8 Å². The van der Waals surface area contributed by atoms with Crippen LogP contribution in [0.5, 0.6) is 0 Å². The van der Waals surface area contributed by atoms with Crippen LogP contribution in [0.4, 0.5) is 13.2 Å². The molecule has 1 saturated heterocycles. The van der Waals surface area contributed by atoms with Gasteiger partial charge in [0.25, 0.3) is 6.43 Å². The van der Waals surface area contributed by atoms with Gasteiger partial charge in [-0.2, -0.15) is 0 Å². The molecule has 19 heavy (non-hydrogen) atoms. The molecule has 0 saturated carbocycles. The molecule has 1 N–H and O–H groups in total. The molecule has 0 amide bonds. The Bertz CT molecular complexity index is 374. The summed E-state index contributed by atoms with van der Waals surface area (Å²) in [6.45, 7) is 2.36. The zero-order chi connectivity index (χ0) is 12.3. The van der Waals surface area contributed by atoms with Gasteiger partial charge in [-0.3, -0.25) is 4.90 Å². The van der Waals surface area contributed by atoms with E-state index in [2.05, 4.69) is 5.32 Å². The lowest BCUT2D eigenvalue weighted by molar-refractivity contribution is 0.0164. The van der Waals surface area contributed by atoms with Crippen molar-refractivity contribution in [3.05, 3.63) is 35.6 Å². The smallest absolute Gasteiger partial charge is 0.258 e. The number of halogens is 5. The SMILES string of the molecule is Cl.Cl.Fc1ccccc1[C@@H](C(F)F)N1CCNCC1. The molecule has 1 fully saturated rings. The number of alkyl halides is 2. The van der Waals surface area contributed by atoms with Crippen molar-refractivity contribution in [1.82, 2.24) is 10.2 Å². The summed E-state index contributed by atoms with van der Waals surface area (Å²) in [6, 6.07) is 4.63. The molecule has 110 valence electrons. The first-order chi connectivity index (χ1) is 8.20. The Balaban J connectivity index is 0.00000162. The highest BCUT2D eigenvalue weighted by molar-refractivity contribution is 5.85. The van der Waals surface area contributed by atoms with Crippen LogP contribution in [0, 0.1) is 5.82 Å². The predicted molar refractivity (Wildman–Crippen MR) is 74.1 cm³/mol. The number of nitrogens with one attached hydrogen (secondary N) is 1. The molecule has 0 radical (unpaired) electrons. The average Bonchev–Trinajstić information content (AvgIpc) is 2.33. The molecule has 1 aliphatic rings. The van der Waals surface area contributed by atoms with Crippen molar-refractivity contribution in [2.75, 3.05) is 26.2 Å². The van der Waals surface area contributed by atoms with Crippen molar-refractivity contribution in [2.45, 2.75) is 12.5 Å². The number of hydrogen-bond acceptors (Lipinski definition) is 2. The van der Waals surface area contributed by atoms with Gasteiger partial charge in [-0.05, 0) is 6.07 Å². The van der Waals surface area contributed by atoms with Crippen molar-refractivity contribution >= 4 is 24.8 Å². The van der Waals surface area contributed by atoms with Gasteiger partial charge in [-0.25, -0.2) is 13.2 Å². The number of nitrogens with zero attached hydrogens (tertiary/aromatic N) is 1. The molecule has 0 unspecified atom stereocenters. The van der Waals surface area contributed by atoms with E-state index >= 15 is 0 Å². The molecule has 0 aromatic heterocycles. The molecule has 7 heteroatoms. The average molecular weight is 317 g/mol. The first-order valence-corrected chi connectivity index (χ1v) is 5.67. The first-order valence-electron chi connectivity index (χ1n) is 5.67. The van der Waals surface area contributed by atoms with Crippen molar-refractivity contribution in [3.8, 4) is 0 Å². The number of benzene rings is 1. The van der Waals surface area contributed by atoms with E-state index in [0.717, 1.165) is 0 Å². The number of hydrogen-bond donors (Lipinski definition) is 1. The van der Waals surface area contributed by atoms with Crippen molar-refractivity contribution < 1.29 is 13.2 Å². The summed E-state index contributed by atoms with van der Waals surface area (Å²) in [7, 11) is 0. The largest absolute Gasteiger partial charge is 0.314 e. The molecule has 2 nitrogen and oxygen atoms in total. The molecule has 0 aliphatic carbocycles. The predicted octanol–water partition coefficient (Wildman–Crippen LogP) is 2.88. The standard InChI is InChI=1S/C12H15F3N2.2ClH/c13-10-4-2-1-3-9(10)11(12(14)15)17-7-5-16-6-8-17;;/h1-4,11-12,16H,5-8H2;2*1H/t11-;;/m0../s1. The maximum absolute atomic E-state index is 13.6. The molecule has 1 heterocycles. The van der Waals surface area contributed by atoms with E-state index in [-0.39, 0.29) is 30.4 Å². The van der Waals surface area contributed by atoms with Gasteiger partial charge in [-0.1, -0.05) is 18.2 Å². The van der Waals surface area contributed by atoms with E-state index in [1.54, 1.807) is 11.0 Å². The van der Waals surface area contributed by atoms with Gasteiger partial charge < -0.3 is 5.32 Å². The molecule has 0 bridgehead atoms. The van der Waals surface area contributed by atoms with Crippen LogP contribution in [-0.4, -0.2) is 37.5 Å². The van der Waals surface area contributed by atoms with Crippen molar-refractivity contribution in [2.24, 2.45) is 0 Å². The third kappa shape index (κ3) is 4.53. The second-order valence-corrected chi connectivity index (χ2v) is 4.09. The van der Waals surface area contributed by atoms with E-state index in [9.17, 15) is 13.2 Å². The maximum atomic E-state index is 13.6. The maximum Gasteiger partial charge on any atom is 0.258 e. The lowest BCUT2D eigenvalue weighted by Crippen LogP contribution is -2.47. The van der Waals surface area contributed by atoms with Gasteiger partial charge in [0.2, 0.25) is 0 Å². The van der Waals surface area contributed by atoms with E-state index in [1.165, 1.54) is 18.2 Å². The fourth-order valence-corrected chi connectivity index (χ4v) is 2.17. The topological polar surface area (TPSA) is 15.3 Å². The van der Waals surface area contributed by atoms with Gasteiger partial charge in [0.15, 0.2) is 0 Å². The highest BCUT2D eigenvalue weighted by Gasteiger charge is 2.31. The van der Waals surface area contributed by atoms with Crippen molar-refractivity contribution in [3.63, 3.8) is 0 Å². The molecule has 1 aromatic carbocycles. The number of rotatable bonds is 3. The lowest BCUT2D eigenvalue weighted by atomic mass is 10.0. The zero-order valence-electron chi connectivity index (χ0n) is 10.2. The minimum absolute atomic E-state index is 0. The zero-order valence-corrected chi connectivity index (χ0v) is 11.8. The normalized spacial score (nSPS) is 17.5. The highest BCUT2D eigenvalue weighted by atomic mass is 35.5. The van der Waals surface area contributed by atoms with Crippen LogP contribution in [0.1, 0.15) is 11.6 Å². The minimum Gasteiger partial charge on any atom is -0.314 e. The Hall–Kier alpha value is -0.490. The van der Waals surface area contributed by atoms with Crippen LogP contribution in [0.25, 0.3) is 0 Å². The molecule has 1 aromatic rings. The van der Waals surface area contributed by atoms with E-state index < -0.39 is 18.3 Å². The van der Waals surface area contributed by atoms with Crippen LogP contribution < -0.4 is 5.32 Å². The molecule has 1 aliphatic heterocycles. The van der Waals surface area contributed by atoms with E-state index in [0.29, 0.717) is 26.2 Å². The third-order valence-corrected chi connectivity index (χ3v) is 3.01. The Labute approximate surface area is 123 Å². The summed E-state index contributed by atoms with van der Waals surface area (Å²) in [5, 5.41) is 3.09. The molecular weight excluding hydrogens is 300 g/mol. The lowest BCUT2D eigenvalue weighted by Gasteiger charge is -2.34. The first kappa shape index (κ1) is 18.5. The fraction of sp³-hybridized carbons (Fsp3) is 0.500. The quantitative estimate of drug-likeness (QED) is 0.922. The number of piperazine rings is 1. The molecule has 2 rings (SSSR count). The van der Waals surface area contributed by atoms with Crippen LogP contribution in [0.3, 0.4) is 0 Å². The third-order valence-electron chi connectivity index (χ3n) is 3.01. The van der Waals surface area contributed by atoms with Gasteiger partial charge in [0, 0.05) is 31.7 Å². The summed E-state index contributed by atoms with van der Waals surface area (Å²) in [5.74, 6) is -0.559. The van der Waals surface area contributed by atoms with Crippen LogP contribution in [0.15, 0.2) is 24.3 Å². The second-order valence-electron chi connectivity index (χ2n) is 4.09. The monoisotopic (exact) mass is 316 g/mol. The summed E-state index contributed by atoms with van der Waals surface area (Å²) < 4.78 is 39.8. The fourth-order valence-electron chi connectivity index (χ4n) is 2.17. The minimum atomic E-state index is -2.58. The molecule has 1 atom stereocenters. The summed E-state index contributed by atoms with van der Waals surface area (Å²) in [6.07, 6.45) is -2.58. The van der Waals surface area contributed by atoms with E-state index in [4.69, 9.17) is 0 Å². The summed E-state index contributed by atoms with van der Waals surface area (Å²) in [5.41, 5.74) is 0.0874. The Morgan fingerprint density at radius 1 is 1.05 bits per heavy atom. The Morgan fingerprint density at radius 2 is 1.63 bits per heavy atom. The summed E-state index contributed by atoms with van der Waals surface area (Å²) in [4.78, 5) is 1.64. The van der Waals surface area contributed by atoms with Gasteiger partial charge in [-0.15, -0.1) is 24.8 Å². The van der Waals surface area contributed by atoms with Crippen molar-refractivity contribution in [1.29, 1.82) is 0 Å². The molecular formula is C12H17Cl2F3N2. The summed E-state index contributed by atoms with van der Waals surface area (Å²) >= 11 is 0. The van der Waals surface area contributed by atoms with E-state index in [1.807, 2.05) is 0 Å². The van der Waals surface area contributed by atoms with Gasteiger partial charge in [0.1, 0.15) is 5.82 Å². The van der Waals surface area contributed by atoms with Gasteiger partial charge in [0.05, 0.1) is 6.04 Å². The van der Waals surface area contributed by atoms with Gasteiger partial charge >= 0.3 is 0 Å². The highest BCUT2D eigenvalue weighted by Crippen LogP contribution is 2.29.